The fourth-order valence-corrected chi connectivity index (χ4v) is 3.33. The third-order valence-electron chi connectivity index (χ3n) is 4.45. The second kappa shape index (κ2) is 8.51. The number of fused-ring (bicyclic) bond motifs is 1. The summed E-state index contributed by atoms with van der Waals surface area (Å²) < 4.78 is 5.82. The van der Waals surface area contributed by atoms with E-state index in [1.807, 2.05) is 67.0 Å². The Balaban J connectivity index is 1.43. The zero-order valence-corrected chi connectivity index (χ0v) is 16.5. The molecule has 3 nitrogen and oxygen atoms in total. The summed E-state index contributed by atoms with van der Waals surface area (Å²) in [4.78, 5) is 4.41. The lowest BCUT2D eigenvalue weighted by atomic mass is 9.99. The van der Waals surface area contributed by atoms with Crippen molar-refractivity contribution in [3.05, 3.63) is 99.7 Å². The SMILES string of the molecule is Clc1ccc(COc2ccc(NC=C3CN=Cc4ccccc43)cc2Cl)cc1. The highest BCUT2D eigenvalue weighted by atomic mass is 35.5. The van der Waals surface area contributed by atoms with Crippen LogP contribution in [-0.2, 0) is 6.61 Å². The minimum absolute atomic E-state index is 0.433. The number of aliphatic imine (C=N–C) groups is 1. The van der Waals surface area contributed by atoms with Crippen LogP contribution in [0, 0.1) is 0 Å². The van der Waals surface area contributed by atoms with Gasteiger partial charge in [0.25, 0.3) is 0 Å². The monoisotopic (exact) mass is 408 g/mol. The van der Waals surface area contributed by atoms with Crippen molar-refractivity contribution < 1.29 is 4.74 Å². The van der Waals surface area contributed by atoms with Crippen LogP contribution in [0.2, 0.25) is 10.0 Å². The zero-order valence-electron chi connectivity index (χ0n) is 15.0. The highest BCUT2D eigenvalue weighted by Crippen LogP contribution is 2.29. The van der Waals surface area contributed by atoms with Gasteiger partial charge in [0.1, 0.15) is 12.4 Å². The molecule has 0 saturated carbocycles. The van der Waals surface area contributed by atoms with Crippen LogP contribution in [0.3, 0.4) is 0 Å². The Hall–Kier alpha value is -2.75. The van der Waals surface area contributed by atoms with Gasteiger partial charge in [-0.1, -0.05) is 59.6 Å². The Morgan fingerprint density at radius 1 is 1.00 bits per heavy atom. The zero-order chi connectivity index (χ0) is 19.3. The lowest BCUT2D eigenvalue weighted by Crippen LogP contribution is -2.04. The minimum atomic E-state index is 0.433. The largest absolute Gasteiger partial charge is 0.487 e. The molecule has 0 bridgehead atoms. The van der Waals surface area contributed by atoms with Gasteiger partial charge in [-0.3, -0.25) is 4.99 Å². The third kappa shape index (κ3) is 4.38. The molecule has 1 aliphatic rings. The number of benzene rings is 3. The molecule has 0 spiro atoms. The van der Waals surface area contributed by atoms with Crippen LogP contribution in [0.1, 0.15) is 16.7 Å². The van der Waals surface area contributed by atoms with Gasteiger partial charge < -0.3 is 10.1 Å². The Kier molecular flexibility index (Phi) is 5.65. The summed E-state index contributed by atoms with van der Waals surface area (Å²) in [5.74, 6) is 0.641. The molecule has 0 fully saturated rings. The van der Waals surface area contributed by atoms with Crippen LogP contribution < -0.4 is 10.1 Å². The number of hydrogen-bond donors (Lipinski definition) is 1. The molecule has 0 atom stereocenters. The van der Waals surface area contributed by atoms with E-state index in [-0.39, 0.29) is 0 Å². The van der Waals surface area contributed by atoms with E-state index in [0.29, 0.717) is 28.9 Å². The van der Waals surface area contributed by atoms with Crippen molar-refractivity contribution in [1.29, 1.82) is 0 Å². The first kappa shape index (κ1) is 18.6. The number of hydrogen-bond acceptors (Lipinski definition) is 3. The Morgan fingerprint density at radius 3 is 2.64 bits per heavy atom. The third-order valence-corrected chi connectivity index (χ3v) is 5.00. The summed E-state index contributed by atoms with van der Waals surface area (Å²) in [6, 6.07) is 21.4. The Labute approximate surface area is 174 Å². The maximum absolute atomic E-state index is 6.39. The van der Waals surface area contributed by atoms with Crippen LogP contribution in [0.15, 0.2) is 77.9 Å². The van der Waals surface area contributed by atoms with Crippen molar-refractivity contribution >= 4 is 40.7 Å². The van der Waals surface area contributed by atoms with Crippen LogP contribution >= 0.6 is 23.2 Å². The highest BCUT2D eigenvalue weighted by molar-refractivity contribution is 6.32. The summed E-state index contributed by atoms with van der Waals surface area (Å²) in [7, 11) is 0. The maximum atomic E-state index is 6.39. The molecule has 0 radical (unpaired) electrons. The molecule has 0 unspecified atom stereocenters. The van der Waals surface area contributed by atoms with E-state index in [4.69, 9.17) is 27.9 Å². The molecule has 1 aliphatic heterocycles. The van der Waals surface area contributed by atoms with Gasteiger partial charge in [0.15, 0.2) is 0 Å². The number of nitrogens with one attached hydrogen (secondary N) is 1. The van der Waals surface area contributed by atoms with Gasteiger partial charge in [-0.25, -0.2) is 0 Å². The quantitative estimate of drug-likeness (QED) is 0.525. The first-order valence-corrected chi connectivity index (χ1v) is 9.66. The molecule has 140 valence electrons. The molecule has 5 heteroatoms. The van der Waals surface area contributed by atoms with Gasteiger partial charge in [-0.2, -0.15) is 0 Å². The molecule has 4 rings (SSSR count). The molecule has 3 aromatic carbocycles. The minimum Gasteiger partial charge on any atom is -0.487 e. The van der Waals surface area contributed by atoms with Crippen LogP contribution in [0.25, 0.3) is 5.57 Å². The van der Waals surface area contributed by atoms with Gasteiger partial charge in [-0.05, 0) is 52.6 Å². The van der Waals surface area contributed by atoms with E-state index in [2.05, 4.69) is 22.4 Å². The topological polar surface area (TPSA) is 33.6 Å². The normalized spacial score (nSPS) is 14.0. The first-order valence-electron chi connectivity index (χ1n) is 8.91. The maximum Gasteiger partial charge on any atom is 0.138 e. The van der Waals surface area contributed by atoms with Gasteiger partial charge in [0, 0.05) is 23.1 Å². The fraction of sp³-hybridized carbons (Fsp3) is 0.0870. The summed E-state index contributed by atoms with van der Waals surface area (Å²) >= 11 is 12.3. The van der Waals surface area contributed by atoms with Crippen molar-refractivity contribution in [2.24, 2.45) is 4.99 Å². The lowest BCUT2D eigenvalue weighted by Gasteiger charge is -2.14. The molecule has 0 aliphatic carbocycles. The van der Waals surface area contributed by atoms with Crippen molar-refractivity contribution in [1.82, 2.24) is 0 Å². The fourth-order valence-electron chi connectivity index (χ4n) is 2.97. The van der Waals surface area contributed by atoms with E-state index < -0.39 is 0 Å². The smallest absolute Gasteiger partial charge is 0.138 e. The number of ether oxygens (including phenoxy) is 1. The van der Waals surface area contributed by atoms with Crippen molar-refractivity contribution in [2.45, 2.75) is 6.61 Å². The summed E-state index contributed by atoms with van der Waals surface area (Å²) in [5.41, 5.74) is 5.38. The lowest BCUT2D eigenvalue weighted by molar-refractivity contribution is 0.306. The van der Waals surface area contributed by atoms with E-state index in [9.17, 15) is 0 Å². The first-order chi connectivity index (χ1) is 13.7. The molecular weight excluding hydrogens is 391 g/mol. The summed E-state index contributed by atoms with van der Waals surface area (Å²) in [5, 5.41) is 4.57. The molecule has 28 heavy (non-hydrogen) atoms. The molecule has 1 N–H and O–H groups in total. The van der Waals surface area contributed by atoms with E-state index in [1.165, 1.54) is 5.56 Å². The molecule has 1 heterocycles. The summed E-state index contributed by atoms with van der Waals surface area (Å²) in [6.45, 7) is 1.09. The van der Waals surface area contributed by atoms with Crippen LogP contribution in [0.4, 0.5) is 5.69 Å². The van der Waals surface area contributed by atoms with Crippen LogP contribution in [-0.4, -0.2) is 12.8 Å². The molecular formula is C23H18Cl2N2O. The van der Waals surface area contributed by atoms with E-state index >= 15 is 0 Å². The Morgan fingerprint density at radius 2 is 1.82 bits per heavy atom. The average molecular weight is 409 g/mol. The Bertz CT molecular complexity index is 1040. The standard InChI is InChI=1S/C23H18Cl2N2O/c24-19-7-5-16(6-8-19)15-28-23-10-9-20(11-22(23)25)27-14-18-13-26-12-17-3-1-2-4-21(17)18/h1-12,14,27H,13,15H2. The molecule has 0 aromatic heterocycles. The van der Waals surface area contributed by atoms with Gasteiger partial charge in [-0.15, -0.1) is 0 Å². The molecule has 3 aromatic rings. The summed E-state index contributed by atoms with van der Waals surface area (Å²) in [6.07, 6.45) is 3.89. The van der Waals surface area contributed by atoms with Gasteiger partial charge in [0.05, 0.1) is 11.6 Å². The van der Waals surface area contributed by atoms with Crippen molar-refractivity contribution in [3.8, 4) is 5.75 Å². The highest BCUT2D eigenvalue weighted by Gasteiger charge is 2.10. The second-order valence-corrected chi connectivity index (χ2v) is 7.27. The van der Waals surface area contributed by atoms with Gasteiger partial charge >= 0.3 is 0 Å². The van der Waals surface area contributed by atoms with E-state index in [1.54, 1.807) is 0 Å². The predicted molar refractivity (Wildman–Crippen MR) is 118 cm³/mol. The molecule has 0 amide bonds. The van der Waals surface area contributed by atoms with E-state index in [0.717, 1.165) is 22.4 Å². The number of halogens is 2. The second-order valence-electron chi connectivity index (χ2n) is 6.43. The van der Waals surface area contributed by atoms with Gasteiger partial charge in [0.2, 0.25) is 0 Å². The number of anilines is 1. The number of nitrogens with zero attached hydrogens (tertiary/aromatic N) is 1. The van der Waals surface area contributed by atoms with Crippen molar-refractivity contribution in [2.75, 3.05) is 11.9 Å². The average Bonchev–Trinajstić information content (AvgIpc) is 2.73. The predicted octanol–water partition coefficient (Wildman–Crippen LogP) is 6.46. The number of rotatable bonds is 5. The van der Waals surface area contributed by atoms with Crippen LogP contribution in [0.5, 0.6) is 5.75 Å². The molecule has 0 saturated heterocycles. The van der Waals surface area contributed by atoms with Crippen molar-refractivity contribution in [3.63, 3.8) is 0 Å².